The van der Waals surface area contributed by atoms with Crippen molar-refractivity contribution in [2.45, 2.75) is 39.7 Å². The van der Waals surface area contributed by atoms with Gasteiger partial charge in [0.05, 0.1) is 0 Å². The monoisotopic (exact) mass is 439 g/mol. The Kier molecular flexibility index (Phi) is 7.45. The van der Waals surface area contributed by atoms with E-state index in [0.29, 0.717) is 24.3 Å². The molecular formula is C24H29N3O5. The van der Waals surface area contributed by atoms with Crippen molar-refractivity contribution in [2.75, 3.05) is 19.7 Å². The summed E-state index contributed by atoms with van der Waals surface area (Å²) in [5, 5.41) is 2.69. The first kappa shape index (κ1) is 23.2. The molecule has 2 heterocycles. The highest BCUT2D eigenvalue weighted by atomic mass is 16.5. The predicted molar refractivity (Wildman–Crippen MR) is 118 cm³/mol. The number of hydrogen-bond donors (Lipinski definition) is 2. The Morgan fingerprint density at radius 1 is 1.09 bits per heavy atom. The molecule has 0 unspecified atom stereocenters. The third kappa shape index (κ3) is 5.63. The Bertz CT molecular complexity index is 1000. The van der Waals surface area contributed by atoms with E-state index in [2.05, 4.69) is 10.3 Å². The van der Waals surface area contributed by atoms with Gasteiger partial charge in [-0.25, -0.2) is 4.79 Å². The van der Waals surface area contributed by atoms with E-state index in [9.17, 15) is 19.2 Å². The highest BCUT2D eigenvalue weighted by Crippen LogP contribution is 2.14. The maximum Gasteiger partial charge on any atom is 0.329 e. The lowest BCUT2D eigenvalue weighted by molar-refractivity contribution is -0.145. The summed E-state index contributed by atoms with van der Waals surface area (Å²) >= 11 is 0. The quantitative estimate of drug-likeness (QED) is 0.486. The van der Waals surface area contributed by atoms with Crippen molar-refractivity contribution in [1.29, 1.82) is 0 Å². The van der Waals surface area contributed by atoms with Crippen LogP contribution in [0.4, 0.5) is 0 Å². The molecule has 1 aromatic heterocycles. The van der Waals surface area contributed by atoms with Gasteiger partial charge < -0.3 is 19.9 Å². The van der Waals surface area contributed by atoms with Crippen molar-refractivity contribution in [3.8, 4) is 0 Å². The van der Waals surface area contributed by atoms with Gasteiger partial charge in [-0.15, -0.1) is 0 Å². The van der Waals surface area contributed by atoms with Crippen LogP contribution in [0.25, 0.3) is 0 Å². The molecule has 0 spiro atoms. The maximum absolute atomic E-state index is 12.6. The van der Waals surface area contributed by atoms with Gasteiger partial charge in [-0.1, -0.05) is 31.5 Å². The zero-order valence-electron chi connectivity index (χ0n) is 18.6. The number of amides is 2. The van der Waals surface area contributed by atoms with Crippen LogP contribution >= 0.6 is 0 Å². The Balaban J connectivity index is 1.57. The SMILES string of the molecule is Cc1cccc(C(=O)N[C@H](C(=O)OCC(=O)c2c[nH]c(C(=O)N3CCCC3)c2)C(C)C)c1. The number of aromatic amines is 1. The number of benzene rings is 1. The molecule has 1 aromatic carbocycles. The normalized spacial score (nSPS) is 14.3. The fraction of sp³-hybridized carbons (Fsp3) is 0.417. The van der Waals surface area contributed by atoms with E-state index in [1.807, 2.05) is 13.0 Å². The molecule has 32 heavy (non-hydrogen) atoms. The van der Waals surface area contributed by atoms with E-state index in [4.69, 9.17) is 4.74 Å². The number of likely N-dealkylation sites (tertiary alicyclic amines) is 1. The number of ketones is 1. The number of nitrogens with one attached hydrogen (secondary N) is 2. The number of Topliss-reactive ketones (excluding diaryl/α,β-unsaturated/α-hetero) is 1. The molecule has 8 nitrogen and oxygen atoms in total. The molecule has 1 fully saturated rings. The molecule has 0 aliphatic carbocycles. The van der Waals surface area contributed by atoms with Crippen LogP contribution in [0.2, 0.25) is 0 Å². The minimum absolute atomic E-state index is 0.141. The van der Waals surface area contributed by atoms with E-state index < -0.39 is 24.4 Å². The summed E-state index contributed by atoms with van der Waals surface area (Å²) in [4.78, 5) is 54.6. The summed E-state index contributed by atoms with van der Waals surface area (Å²) in [6, 6.07) is 7.63. The van der Waals surface area contributed by atoms with Crippen LogP contribution in [0.5, 0.6) is 0 Å². The molecular weight excluding hydrogens is 410 g/mol. The van der Waals surface area contributed by atoms with Gasteiger partial charge in [0, 0.05) is 30.4 Å². The average Bonchev–Trinajstić information content (AvgIpc) is 3.47. The van der Waals surface area contributed by atoms with Gasteiger partial charge in [-0.2, -0.15) is 0 Å². The van der Waals surface area contributed by atoms with Gasteiger partial charge in [0.25, 0.3) is 11.8 Å². The van der Waals surface area contributed by atoms with Crippen LogP contribution in [0.15, 0.2) is 36.5 Å². The molecule has 3 rings (SSSR count). The standard InChI is InChI=1S/C24H29N3O5/c1-15(2)21(26-22(29)17-8-6-7-16(3)11-17)24(31)32-14-20(28)18-12-19(25-13-18)23(30)27-9-4-5-10-27/h6-8,11-13,15,21,25H,4-5,9-10,14H2,1-3H3,(H,26,29)/t21-/m0/s1. The van der Waals surface area contributed by atoms with Crippen molar-refractivity contribution < 1.29 is 23.9 Å². The minimum atomic E-state index is -0.894. The molecule has 8 heteroatoms. The largest absolute Gasteiger partial charge is 0.456 e. The third-order valence-corrected chi connectivity index (χ3v) is 5.46. The number of carbonyl (C=O) groups is 4. The summed E-state index contributed by atoms with van der Waals surface area (Å²) in [5.41, 5.74) is 1.99. The van der Waals surface area contributed by atoms with Crippen LogP contribution in [-0.4, -0.2) is 59.2 Å². The summed E-state index contributed by atoms with van der Waals surface area (Å²) in [5.74, 6) is -1.87. The van der Waals surface area contributed by atoms with Crippen molar-refractivity contribution in [2.24, 2.45) is 5.92 Å². The van der Waals surface area contributed by atoms with Gasteiger partial charge in [0.1, 0.15) is 11.7 Å². The molecule has 0 bridgehead atoms. The average molecular weight is 440 g/mol. The lowest BCUT2D eigenvalue weighted by atomic mass is 10.0. The lowest BCUT2D eigenvalue weighted by Gasteiger charge is -2.20. The Labute approximate surface area is 187 Å². The Hall–Kier alpha value is -3.42. The lowest BCUT2D eigenvalue weighted by Crippen LogP contribution is -2.45. The van der Waals surface area contributed by atoms with E-state index in [0.717, 1.165) is 18.4 Å². The van der Waals surface area contributed by atoms with E-state index >= 15 is 0 Å². The third-order valence-electron chi connectivity index (χ3n) is 5.46. The number of rotatable bonds is 8. The van der Waals surface area contributed by atoms with Crippen LogP contribution in [-0.2, 0) is 9.53 Å². The highest BCUT2D eigenvalue weighted by Gasteiger charge is 2.27. The summed E-state index contributed by atoms with van der Waals surface area (Å²) in [6.07, 6.45) is 3.40. The van der Waals surface area contributed by atoms with Crippen molar-refractivity contribution >= 4 is 23.6 Å². The zero-order valence-corrected chi connectivity index (χ0v) is 18.6. The van der Waals surface area contributed by atoms with Crippen LogP contribution < -0.4 is 5.32 Å². The number of esters is 1. The van der Waals surface area contributed by atoms with Gasteiger partial charge in [-0.3, -0.25) is 14.4 Å². The summed E-state index contributed by atoms with van der Waals surface area (Å²) in [7, 11) is 0. The van der Waals surface area contributed by atoms with Crippen LogP contribution in [0.3, 0.4) is 0 Å². The Morgan fingerprint density at radius 3 is 2.47 bits per heavy atom. The molecule has 1 saturated heterocycles. The highest BCUT2D eigenvalue weighted by molar-refractivity contribution is 6.02. The van der Waals surface area contributed by atoms with Crippen molar-refractivity contribution in [3.05, 3.63) is 58.9 Å². The molecule has 2 N–H and O–H groups in total. The zero-order chi connectivity index (χ0) is 23.3. The van der Waals surface area contributed by atoms with Crippen molar-refractivity contribution in [3.63, 3.8) is 0 Å². The molecule has 1 aliphatic rings. The fourth-order valence-corrected chi connectivity index (χ4v) is 3.59. The second kappa shape index (κ2) is 10.3. The number of carbonyl (C=O) groups excluding carboxylic acids is 4. The second-order valence-corrected chi connectivity index (χ2v) is 8.40. The maximum atomic E-state index is 12.6. The van der Waals surface area contributed by atoms with Gasteiger partial charge in [0.2, 0.25) is 5.78 Å². The van der Waals surface area contributed by atoms with E-state index in [1.165, 1.54) is 12.3 Å². The van der Waals surface area contributed by atoms with Crippen LogP contribution in [0.1, 0.15) is 63.5 Å². The Morgan fingerprint density at radius 2 is 1.81 bits per heavy atom. The number of ether oxygens (including phenoxy) is 1. The molecule has 170 valence electrons. The van der Waals surface area contributed by atoms with Gasteiger partial charge >= 0.3 is 5.97 Å². The first-order valence-electron chi connectivity index (χ1n) is 10.8. The molecule has 0 saturated carbocycles. The van der Waals surface area contributed by atoms with E-state index in [-0.39, 0.29) is 23.3 Å². The fourth-order valence-electron chi connectivity index (χ4n) is 3.59. The minimum Gasteiger partial charge on any atom is -0.456 e. The first-order chi connectivity index (χ1) is 15.3. The van der Waals surface area contributed by atoms with Gasteiger partial charge in [-0.05, 0) is 43.9 Å². The number of aromatic nitrogens is 1. The van der Waals surface area contributed by atoms with Gasteiger partial charge in [0.15, 0.2) is 6.61 Å². The summed E-state index contributed by atoms with van der Waals surface area (Å²) < 4.78 is 5.20. The number of hydrogen-bond acceptors (Lipinski definition) is 5. The molecule has 1 aliphatic heterocycles. The predicted octanol–water partition coefficient (Wildman–Crippen LogP) is 2.74. The number of H-pyrrole nitrogens is 1. The number of aryl methyl sites for hydroxylation is 1. The molecule has 0 radical (unpaired) electrons. The van der Waals surface area contributed by atoms with Crippen LogP contribution in [0, 0.1) is 12.8 Å². The van der Waals surface area contributed by atoms with Crippen molar-refractivity contribution in [1.82, 2.24) is 15.2 Å². The second-order valence-electron chi connectivity index (χ2n) is 8.40. The first-order valence-corrected chi connectivity index (χ1v) is 10.8. The molecule has 1 atom stereocenters. The number of nitrogens with zero attached hydrogens (tertiary/aromatic N) is 1. The summed E-state index contributed by atoms with van der Waals surface area (Å²) in [6.45, 7) is 6.39. The molecule has 2 aromatic rings. The van der Waals surface area contributed by atoms with E-state index in [1.54, 1.807) is 36.9 Å². The smallest absolute Gasteiger partial charge is 0.329 e. The topological polar surface area (TPSA) is 109 Å². The molecule has 2 amide bonds.